The summed E-state index contributed by atoms with van der Waals surface area (Å²) >= 11 is 4.05. The zero-order chi connectivity index (χ0) is 37.1. The second kappa shape index (κ2) is 16.1. The van der Waals surface area contributed by atoms with Crippen molar-refractivity contribution in [3.05, 3.63) is 118 Å². The number of pyridine rings is 1. The number of aliphatic carboxylic acids is 1. The smallest absolute Gasteiger partial charge is 0.347 e. The molecule has 6 aromatic rings. The number of carbonyl (C=O) groups is 1. The lowest BCUT2D eigenvalue weighted by Gasteiger charge is -2.38. The molecule has 0 saturated heterocycles. The van der Waals surface area contributed by atoms with Crippen molar-refractivity contribution in [2.45, 2.75) is 69.0 Å². The topological polar surface area (TPSA) is 157 Å². The highest BCUT2D eigenvalue weighted by atomic mass is 32.1. The van der Waals surface area contributed by atoms with E-state index in [1.807, 2.05) is 57.8 Å². The number of aromatic hydroxyl groups is 1. The third kappa shape index (κ3) is 7.76. The summed E-state index contributed by atoms with van der Waals surface area (Å²) in [6.45, 7) is 2.19. The largest absolute Gasteiger partial charge is 0.506 e. The molecule has 4 heterocycles. The summed E-state index contributed by atoms with van der Waals surface area (Å²) < 4.78 is 9.32. The van der Waals surface area contributed by atoms with Crippen LogP contribution in [-0.2, 0) is 28.2 Å². The summed E-state index contributed by atoms with van der Waals surface area (Å²) in [5.41, 5.74) is 0.974. The number of benzene rings is 2. The number of thiazole rings is 1. The minimum atomic E-state index is -1.49. The number of nitrogens with one attached hydrogen (secondary N) is 2. The summed E-state index contributed by atoms with van der Waals surface area (Å²) in [6, 6.07) is 19.9. The van der Waals surface area contributed by atoms with Crippen molar-refractivity contribution in [1.29, 1.82) is 0 Å². The number of aryl methyl sites for hydroxylation is 1. The molecule has 0 bridgehead atoms. The lowest BCUT2D eigenvalue weighted by molar-refractivity contribution is -0.170. The number of aliphatic hydroxyl groups is 1. The van der Waals surface area contributed by atoms with E-state index >= 15 is 0 Å². The highest BCUT2D eigenvalue weighted by molar-refractivity contribution is 7.16. The zero-order valence-corrected chi connectivity index (χ0v) is 31.6. The van der Waals surface area contributed by atoms with E-state index in [1.165, 1.54) is 46.1 Å². The average molecular weight is 775 g/mol. The summed E-state index contributed by atoms with van der Waals surface area (Å²) in [5, 5.41) is 39.2. The van der Waals surface area contributed by atoms with Gasteiger partial charge in [-0.3, -0.25) is 14.2 Å². The monoisotopic (exact) mass is 774 g/mol. The van der Waals surface area contributed by atoms with Crippen molar-refractivity contribution >= 4 is 61.1 Å². The molecule has 53 heavy (non-hydrogen) atoms. The minimum absolute atomic E-state index is 0.0106. The molecule has 1 aliphatic carbocycles. The van der Waals surface area contributed by atoms with E-state index in [9.17, 15) is 29.7 Å². The molecule has 0 radical (unpaired) electrons. The van der Waals surface area contributed by atoms with Crippen LogP contribution >= 0.6 is 34.0 Å². The van der Waals surface area contributed by atoms with Crippen LogP contribution in [0.2, 0.25) is 0 Å². The Morgan fingerprint density at radius 2 is 1.77 bits per heavy atom. The fourth-order valence-corrected chi connectivity index (χ4v) is 10.2. The van der Waals surface area contributed by atoms with Gasteiger partial charge in [-0.2, -0.15) is 0 Å². The SMILES string of the molecule is CN(CCCn1c(=O)sc2cc(CNC[C@H](O)c3ccc(O)c4[nH]c(=O)ccc34)ccc21)[C@H]1CC[C@H](OC(C(=O)O)(c2cccs2)c2cccs2)CC1. The molecule has 0 amide bonds. The van der Waals surface area contributed by atoms with E-state index in [0.717, 1.165) is 54.4 Å². The van der Waals surface area contributed by atoms with Crippen molar-refractivity contribution in [1.82, 2.24) is 19.8 Å². The second-order valence-corrected chi connectivity index (χ2v) is 16.5. The Hall–Kier alpha value is -4.15. The maximum atomic E-state index is 13.0. The maximum absolute atomic E-state index is 13.0. The molecule has 14 heteroatoms. The van der Waals surface area contributed by atoms with Crippen LogP contribution < -0.4 is 15.7 Å². The van der Waals surface area contributed by atoms with Crippen LogP contribution in [0, 0.1) is 0 Å². The average Bonchev–Trinajstić information content (AvgIpc) is 3.94. The number of fused-ring (bicyclic) bond motifs is 2. The predicted molar refractivity (Wildman–Crippen MR) is 210 cm³/mol. The Morgan fingerprint density at radius 3 is 2.45 bits per heavy atom. The minimum Gasteiger partial charge on any atom is -0.506 e. The number of phenols is 1. The highest BCUT2D eigenvalue weighted by Gasteiger charge is 2.48. The number of thiophene rings is 2. The van der Waals surface area contributed by atoms with E-state index in [-0.39, 0.29) is 28.8 Å². The first kappa shape index (κ1) is 37.2. The van der Waals surface area contributed by atoms with Gasteiger partial charge in [0, 0.05) is 37.1 Å². The second-order valence-electron chi connectivity index (χ2n) is 13.6. The molecule has 1 aliphatic rings. The highest BCUT2D eigenvalue weighted by Crippen LogP contribution is 2.42. The van der Waals surface area contributed by atoms with Gasteiger partial charge in [0.2, 0.25) is 11.2 Å². The molecule has 11 nitrogen and oxygen atoms in total. The molecule has 0 spiro atoms. The molecule has 1 saturated carbocycles. The molecule has 1 atom stereocenters. The first-order chi connectivity index (χ1) is 25.6. The number of phenolic OH excluding ortho intramolecular Hbond substituents is 1. The zero-order valence-electron chi connectivity index (χ0n) is 29.2. The van der Waals surface area contributed by atoms with Crippen LogP contribution in [-0.4, -0.2) is 68.0 Å². The fraction of sp³-hybridized carbons (Fsp3) is 0.359. The van der Waals surface area contributed by atoms with Crippen molar-refractivity contribution in [2.75, 3.05) is 20.1 Å². The molecule has 5 N–H and O–H groups in total. The molecule has 0 unspecified atom stereocenters. The molecule has 7 rings (SSSR count). The molecule has 278 valence electrons. The number of carboxylic acid groups (broad SMARTS) is 1. The van der Waals surface area contributed by atoms with E-state index in [4.69, 9.17) is 4.74 Å². The molecular formula is C39H42N4O7S3. The quantitative estimate of drug-likeness (QED) is 0.0816. The summed E-state index contributed by atoms with van der Waals surface area (Å²) in [4.78, 5) is 43.9. The van der Waals surface area contributed by atoms with Crippen molar-refractivity contribution in [3.63, 3.8) is 0 Å². The van der Waals surface area contributed by atoms with Gasteiger partial charge in [0.1, 0.15) is 5.75 Å². The van der Waals surface area contributed by atoms with Gasteiger partial charge >= 0.3 is 10.8 Å². The summed E-state index contributed by atoms with van der Waals surface area (Å²) in [7, 11) is 2.13. The Morgan fingerprint density at radius 1 is 1.04 bits per heavy atom. The van der Waals surface area contributed by atoms with Crippen LogP contribution in [0.15, 0.2) is 87.1 Å². The van der Waals surface area contributed by atoms with Crippen LogP contribution in [0.4, 0.5) is 0 Å². The number of aromatic amines is 1. The lowest BCUT2D eigenvalue weighted by Crippen LogP contribution is -2.44. The Balaban J connectivity index is 0.904. The molecule has 4 aromatic heterocycles. The summed E-state index contributed by atoms with van der Waals surface area (Å²) in [6.07, 6.45) is 3.17. The maximum Gasteiger partial charge on any atom is 0.347 e. The Bertz CT molecular complexity index is 2260. The number of rotatable bonds is 15. The van der Waals surface area contributed by atoms with Crippen molar-refractivity contribution < 1.29 is 24.9 Å². The number of aliphatic hydroxyl groups excluding tert-OH is 1. The third-order valence-electron chi connectivity index (χ3n) is 10.2. The van der Waals surface area contributed by atoms with E-state index in [2.05, 4.69) is 22.2 Å². The molecule has 1 fully saturated rings. The third-order valence-corrected chi connectivity index (χ3v) is 13.1. The van der Waals surface area contributed by atoms with Crippen molar-refractivity contribution in [3.8, 4) is 5.75 Å². The number of aromatic nitrogens is 2. The number of ether oxygens (including phenoxy) is 1. The molecule has 2 aromatic carbocycles. The van der Waals surface area contributed by atoms with Gasteiger partial charge < -0.3 is 35.3 Å². The van der Waals surface area contributed by atoms with Gasteiger partial charge in [0.05, 0.1) is 37.7 Å². The normalized spacial score (nSPS) is 17.2. The van der Waals surface area contributed by atoms with Crippen LogP contribution in [0.3, 0.4) is 0 Å². The first-order valence-corrected chi connectivity index (χ1v) is 20.3. The van der Waals surface area contributed by atoms with Gasteiger partial charge in [0.15, 0.2) is 0 Å². The van der Waals surface area contributed by atoms with E-state index < -0.39 is 17.7 Å². The van der Waals surface area contributed by atoms with Crippen LogP contribution in [0.5, 0.6) is 5.75 Å². The number of hydrogen-bond donors (Lipinski definition) is 5. The van der Waals surface area contributed by atoms with Gasteiger partial charge in [-0.1, -0.05) is 35.6 Å². The van der Waals surface area contributed by atoms with Crippen LogP contribution in [0.25, 0.3) is 21.1 Å². The molecule has 0 aliphatic heterocycles. The number of hydrogen-bond acceptors (Lipinski definition) is 11. The van der Waals surface area contributed by atoms with Gasteiger partial charge in [-0.25, -0.2) is 4.79 Å². The van der Waals surface area contributed by atoms with Gasteiger partial charge in [-0.05, 0) is 104 Å². The Kier molecular flexibility index (Phi) is 11.3. The number of carboxylic acids is 1. The number of H-pyrrole nitrogens is 1. The van der Waals surface area contributed by atoms with Gasteiger partial charge in [-0.15, -0.1) is 22.7 Å². The Labute approximate surface area is 317 Å². The number of nitrogens with zero attached hydrogens (tertiary/aromatic N) is 2. The van der Waals surface area contributed by atoms with Crippen molar-refractivity contribution in [2.24, 2.45) is 0 Å². The predicted octanol–water partition coefficient (Wildman–Crippen LogP) is 6.23. The van der Waals surface area contributed by atoms with Gasteiger partial charge in [0.25, 0.3) is 0 Å². The van der Waals surface area contributed by atoms with Crippen LogP contribution in [0.1, 0.15) is 59.1 Å². The van der Waals surface area contributed by atoms with E-state index in [0.29, 0.717) is 45.4 Å². The lowest BCUT2D eigenvalue weighted by atomic mass is 9.90. The standard InChI is InChI=1S/C39H42N4O7S3/c1-42(25-8-10-26(11-9-25)50-39(37(47)48,33-5-2-19-51-33)34-6-3-20-52-34)17-4-18-43-29-14-7-24(21-32(29)53-38(43)49)22-40-23-31(45)27-12-15-30(44)36-28(27)13-16-35(46)41-36/h2-3,5-7,12-16,19-21,25-26,31,40,44-45H,4,8-11,17-18,22-23H2,1H3,(H,41,46)(H,47,48)/t25-,26-,31-/m0/s1. The summed E-state index contributed by atoms with van der Waals surface area (Å²) in [5.74, 6) is -1.04. The first-order valence-electron chi connectivity index (χ1n) is 17.7. The molecular weight excluding hydrogens is 733 g/mol. The van der Waals surface area contributed by atoms with E-state index in [1.54, 1.807) is 12.1 Å². The fourth-order valence-electron chi connectivity index (χ4n) is 7.42.